The number of ether oxygens (including phenoxy) is 1. The molecule has 3 rings (SSSR count). The lowest BCUT2D eigenvalue weighted by Gasteiger charge is -2.13. The van der Waals surface area contributed by atoms with E-state index in [0.29, 0.717) is 17.4 Å². The van der Waals surface area contributed by atoms with E-state index in [4.69, 9.17) is 4.74 Å². The van der Waals surface area contributed by atoms with Crippen LogP contribution in [0.5, 0.6) is 11.5 Å². The van der Waals surface area contributed by atoms with Crippen molar-refractivity contribution in [2.75, 3.05) is 0 Å². The van der Waals surface area contributed by atoms with Gasteiger partial charge < -0.3 is 10.1 Å². The van der Waals surface area contributed by atoms with E-state index in [-0.39, 0.29) is 11.6 Å². The fraction of sp³-hybridized carbons (Fsp3) is 0.294. The van der Waals surface area contributed by atoms with Crippen molar-refractivity contribution in [2.45, 2.75) is 32.4 Å². The van der Waals surface area contributed by atoms with Gasteiger partial charge in [0.05, 0.1) is 0 Å². The molecule has 20 heavy (non-hydrogen) atoms. The normalized spacial score (nSPS) is 14.3. The number of rotatable bonds is 5. The summed E-state index contributed by atoms with van der Waals surface area (Å²) in [5, 5.41) is 3.45. The summed E-state index contributed by atoms with van der Waals surface area (Å²) in [6.07, 6.45) is 2.49. The highest BCUT2D eigenvalue weighted by Gasteiger charge is 2.20. The third-order valence-corrected chi connectivity index (χ3v) is 3.51. The molecular weight excluding hydrogens is 253 g/mol. The number of hydrogen-bond acceptors (Lipinski definition) is 2. The van der Waals surface area contributed by atoms with Gasteiger partial charge in [-0.15, -0.1) is 0 Å². The second-order valence-electron chi connectivity index (χ2n) is 5.25. The molecule has 0 aliphatic heterocycles. The highest BCUT2D eigenvalue weighted by molar-refractivity contribution is 5.39. The molecule has 1 saturated carbocycles. The number of nitrogens with one attached hydrogen (secondary N) is 1. The molecule has 0 amide bonds. The molecule has 0 heterocycles. The number of aryl methyl sites for hydroxylation is 1. The number of hydrogen-bond donors (Lipinski definition) is 1. The Balaban J connectivity index is 1.80. The zero-order valence-electron chi connectivity index (χ0n) is 11.5. The molecule has 0 saturated heterocycles. The van der Waals surface area contributed by atoms with Gasteiger partial charge in [-0.25, -0.2) is 4.39 Å². The average Bonchev–Trinajstić information content (AvgIpc) is 3.27. The van der Waals surface area contributed by atoms with Crippen molar-refractivity contribution < 1.29 is 9.13 Å². The highest BCUT2D eigenvalue weighted by Crippen LogP contribution is 2.29. The minimum Gasteiger partial charge on any atom is -0.454 e. The maximum absolute atomic E-state index is 14.0. The van der Waals surface area contributed by atoms with Crippen LogP contribution in [0.15, 0.2) is 42.5 Å². The van der Waals surface area contributed by atoms with Crippen LogP contribution in [-0.2, 0) is 6.54 Å². The van der Waals surface area contributed by atoms with Crippen LogP contribution >= 0.6 is 0 Å². The van der Waals surface area contributed by atoms with Gasteiger partial charge in [0.15, 0.2) is 11.6 Å². The number of benzene rings is 2. The molecule has 0 bridgehead atoms. The molecule has 0 unspecified atom stereocenters. The predicted octanol–water partition coefficient (Wildman–Crippen LogP) is 4.18. The summed E-state index contributed by atoms with van der Waals surface area (Å²) in [7, 11) is 0. The van der Waals surface area contributed by atoms with Crippen molar-refractivity contribution in [2.24, 2.45) is 0 Å². The summed E-state index contributed by atoms with van der Waals surface area (Å²) >= 11 is 0. The highest BCUT2D eigenvalue weighted by atomic mass is 19.1. The van der Waals surface area contributed by atoms with Crippen molar-refractivity contribution >= 4 is 0 Å². The summed E-state index contributed by atoms with van der Waals surface area (Å²) < 4.78 is 19.8. The molecule has 0 atom stereocenters. The lowest BCUT2D eigenvalue weighted by Crippen LogP contribution is -2.15. The second kappa shape index (κ2) is 5.63. The first-order chi connectivity index (χ1) is 9.74. The lowest BCUT2D eigenvalue weighted by molar-refractivity contribution is 0.433. The molecule has 1 N–H and O–H groups in total. The Morgan fingerprint density at radius 2 is 1.85 bits per heavy atom. The van der Waals surface area contributed by atoms with E-state index in [2.05, 4.69) is 5.32 Å². The minimum absolute atomic E-state index is 0.281. The molecule has 0 radical (unpaired) electrons. The van der Waals surface area contributed by atoms with Gasteiger partial charge in [-0.05, 0) is 37.5 Å². The van der Waals surface area contributed by atoms with Crippen molar-refractivity contribution in [3.8, 4) is 11.5 Å². The van der Waals surface area contributed by atoms with Crippen molar-refractivity contribution in [1.82, 2.24) is 5.32 Å². The molecule has 3 heteroatoms. The SMILES string of the molecule is Cc1cccc(Oc2ccccc2CNC2CC2)c1F. The van der Waals surface area contributed by atoms with Gasteiger partial charge in [-0.1, -0.05) is 30.3 Å². The van der Waals surface area contributed by atoms with Crippen LogP contribution in [0, 0.1) is 12.7 Å². The smallest absolute Gasteiger partial charge is 0.168 e. The topological polar surface area (TPSA) is 21.3 Å². The minimum atomic E-state index is -0.294. The Morgan fingerprint density at radius 1 is 1.10 bits per heavy atom. The van der Waals surface area contributed by atoms with E-state index in [9.17, 15) is 4.39 Å². The van der Waals surface area contributed by atoms with E-state index in [0.717, 1.165) is 12.1 Å². The molecule has 1 aliphatic carbocycles. The van der Waals surface area contributed by atoms with Gasteiger partial charge in [0.25, 0.3) is 0 Å². The summed E-state index contributed by atoms with van der Waals surface area (Å²) in [6.45, 7) is 2.50. The zero-order chi connectivity index (χ0) is 13.9. The van der Waals surface area contributed by atoms with Crippen LogP contribution in [0.2, 0.25) is 0 Å². The van der Waals surface area contributed by atoms with Gasteiger partial charge in [0, 0.05) is 18.2 Å². The van der Waals surface area contributed by atoms with Crippen molar-refractivity contribution in [1.29, 1.82) is 0 Å². The molecule has 2 aromatic carbocycles. The van der Waals surface area contributed by atoms with E-state index in [1.54, 1.807) is 25.1 Å². The Morgan fingerprint density at radius 3 is 2.65 bits per heavy atom. The summed E-state index contributed by atoms with van der Waals surface area (Å²) in [5.41, 5.74) is 1.65. The third-order valence-electron chi connectivity index (χ3n) is 3.51. The Hall–Kier alpha value is -1.87. The van der Waals surface area contributed by atoms with Crippen LogP contribution in [0.4, 0.5) is 4.39 Å². The molecule has 2 nitrogen and oxygen atoms in total. The number of halogens is 1. The summed E-state index contributed by atoms with van der Waals surface area (Å²) in [4.78, 5) is 0. The van der Waals surface area contributed by atoms with Crippen LogP contribution < -0.4 is 10.1 Å². The van der Waals surface area contributed by atoms with E-state index >= 15 is 0 Å². The monoisotopic (exact) mass is 271 g/mol. The third kappa shape index (κ3) is 2.99. The molecule has 2 aromatic rings. The fourth-order valence-electron chi connectivity index (χ4n) is 2.11. The van der Waals surface area contributed by atoms with Crippen molar-refractivity contribution in [3.05, 3.63) is 59.4 Å². The van der Waals surface area contributed by atoms with E-state index in [1.807, 2.05) is 24.3 Å². The fourth-order valence-corrected chi connectivity index (χ4v) is 2.11. The van der Waals surface area contributed by atoms with Gasteiger partial charge in [-0.2, -0.15) is 0 Å². The quantitative estimate of drug-likeness (QED) is 0.881. The standard InChI is InChI=1S/C17H18FNO/c1-12-5-4-8-16(17(12)18)20-15-7-3-2-6-13(15)11-19-14-9-10-14/h2-8,14,19H,9-11H2,1H3. The van der Waals surface area contributed by atoms with Gasteiger partial charge >= 0.3 is 0 Å². The first kappa shape index (κ1) is 13.1. The van der Waals surface area contributed by atoms with Crippen LogP contribution in [0.3, 0.4) is 0 Å². The molecule has 0 aromatic heterocycles. The van der Waals surface area contributed by atoms with Gasteiger partial charge in [-0.3, -0.25) is 0 Å². The van der Waals surface area contributed by atoms with Crippen LogP contribution in [0.1, 0.15) is 24.0 Å². The maximum atomic E-state index is 14.0. The summed E-state index contributed by atoms with van der Waals surface area (Å²) in [5.74, 6) is 0.700. The van der Waals surface area contributed by atoms with Crippen LogP contribution in [0.25, 0.3) is 0 Å². The van der Waals surface area contributed by atoms with Gasteiger partial charge in [0.2, 0.25) is 0 Å². The summed E-state index contributed by atoms with van der Waals surface area (Å²) in [6, 6.07) is 13.6. The Kier molecular flexibility index (Phi) is 3.70. The van der Waals surface area contributed by atoms with Crippen molar-refractivity contribution in [3.63, 3.8) is 0 Å². The lowest BCUT2D eigenvalue weighted by atomic mass is 10.2. The second-order valence-corrected chi connectivity index (χ2v) is 5.25. The predicted molar refractivity (Wildman–Crippen MR) is 77.5 cm³/mol. The molecule has 1 aliphatic rings. The average molecular weight is 271 g/mol. The van der Waals surface area contributed by atoms with Gasteiger partial charge in [0.1, 0.15) is 5.75 Å². The Labute approximate surface area is 118 Å². The largest absolute Gasteiger partial charge is 0.454 e. The molecular formula is C17H18FNO. The first-order valence-corrected chi connectivity index (χ1v) is 6.98. The van der Waals surface area contributed by atoms with E-state index < -0.39 is 0 Å². The molecule has 0 spiro atoms. The van der Waals surface area contributed by atoms with E-state index in [1.165, 1.54) is 12.8 Å². The first-order valence-electron chi connectivity index (χ1n) is 6.98. The maximum Gasteiger partial charge on any atom is 0.168 e. The number of para-hydroxylation sites is 1. The zero-order valence-corrected chi connectivity index (χ0v) is 11.5. The Bertz CT molecular complexity index is 608. The van der Waals surface area contributed by atoms with Crippen LogP contribution in [-0.4, -0.2) is 6.04 Å². The molecule has 104 valence electrons. The molecule has 1 fully saturated rings.